The quantitative estimate of drug-likeness (QED) is 0.540. The highest BCUT2D eigenvalue weighted by Crippen LogP contribution is 2.34. The summed E-state index contributed by atoms with van der Waals surface area (Å²) in [5, 5.41) is 3.64. The van der Waals surface area contributed by atoms with Crippen molar-refractivity contribution in [2.45, 2.75) is 24.9 Å². The molecule has 0 unspecified atom stereocenters. The Morgan fingerprint density at radius 1 is 0.968 bits per heavy atom. The highest BCUT2D eigenvalue weighted by Gasteiger charge is 2.35. The molecule has 1 heterocycles. The highest BCUT2D eigenvalue weighted by atomic mass is 35.5. The lowest BCUT2D eigenvalue weighted by Gasteiger charge is -2.38. The highest BCUT2D eigenvalue weighted by molar-refractivity contribution is 6.31. The number of rotatable bonds is 7. The van der Waals surface area contributed by atoms with E-state index in [0.29, 0.717) is 42.7 Å². The van der Waals surface area contributed by atoms with Gasteiger partial charge in [-0.25, -0.2) is 0 Å². The summed E-state index contributed by atoms with van der Waals surface area (Å²) in [6, 6.07) is 25.4. The molecule has 4 nitrogen and oxygen atoms in total. The fourth-order valence-electron chi connectivity index (χ4n) is 4.01. The van der Waals surface area contributed by atoms with E-state index in [-0.39, 0.29) is 11.3 Å². The van der Waals surface area contributed by atoms with E-state index in [1.165, 1.54) is 5.56 Å². The second-order valence-electron chi connectivity index (χ2n) is 7.86. The van der Waals surface area contributed by atoms with Gasteiger partial charge < -0.3 is 14.8 Å². The Hall–Kier alpha value is -2.82. The second kappa shape index (κ2) is 9.99. The van der Waals surface area contributed by atoms with Gasteiger partial charge >= 0.3 is 0 Å². The summed E-state index contributed by atoms with van der Waals surface area (Å²) in [6.07, 6.45) is 1.73. The number of nitrogens with one attached hydrogen (secondary N) is 1. The standard InChI is InChI=1S/C26H26ClNO3/c27-22-11-12-24(31-18-20-7-3-1-4-8-20)23(17-22)25(29)28-19-26(13-15-30-16-14-26)21-9-5-2-6-10-21/h1-12,17H,13-16,18-19H2,(H,28,29). The van der Waals surface area contributed by atoms with Gasteiger partial charge in [-0.05, 0) is 42.2 Å². The average molecular weight is 436 g/mol. The average Bonchev–Trinajstić information content (AvgIpc) is 2.83. The van der Waals surface area contributed by atoms with Crippen molar-refractivity contribution in [1.29, 1.82) is 0 Å². The number of hydrogen-bond acceptors (Lipinski definition) is 3. The predicted octanol–water partition coefficient (Wildman–Crippen LogP) is 5.40. The molecule has 3 aromatic rings. The van der Waals surface area contributed by atoms with Crippen LogP contribution in [0, 0.1) is 0 Å². The fraction of sp³-hybridized carbons (Fsp3) is 0.269. The number of hydrogen-bond donors (Lipinski definition) is 1. The number of carbonyl (C=O) groups excluding carboxylic acids is 1. The first-order valence-corrected chi connectivity index (χ1v) is 10.9. The molecule has 0 aliphatic carbocycles. The second-order valence-corrected chi connectivity index (χ2v) is 8.29. The van der Waals surface area contributed by atoms with Crippen LogP contribution in [-0.4, -0.2) is 25.7 Å². The number of benzene rings is 3. The topological polar surface area (TPSA) is 47.6 Å². The van der Waals surface area contributed by atoms with E-state index in [4.69, 9.17) is 21.1 Å². The Balaban J connectivity index is 1.50. The van der Waals surface area contributed by atoms with Crippen LogP contribution in [0.1, 0.15) is 34.3 Å². The van der Waals surface area contributed by atoms with Crippen molar-refractivity contribution in [3.8, 4) is 5.75 Å². The first-order chi connectivity index (χ1) is 15.2. The van der Waals surface area contributed by atoms with Gasteiger partial charge in [0.25, 0.3) is 5.91 Å². The minimum Gasteiger partial charge on any atom is -0.488 e. The zero-order chi connectivity index (χ0) is 21.5. The molecule has 0 aromatic heterocycles. The summed E-state index contributed by atoms with van der Waals surface area (Å²) in [6.45, 7) is 2.29. The molecule has 160 valence electrons. The zero-order valence-corrected chi connectivity index (χ0v) is 18.1. The van der Waals surface area contributed by atoms with Gasteiger partial charge in [0.05, 0.1) is 5.56 Å². The van der Waals surface area contributed by atoms with Gasteiger partial charge in [-0.2, -0.15) is 0 Å². The Morgan fingerprint density at radius 2 is 1.65 bits per heavy atom. The SMILES string of the molecule is O=C(NCC1(c2ccccc2)CCOCC1)c1cc(Cl)ccc1OCc1ccccc1. The monoisotopic (exact) mass is 435 g/mol. The van der Waals surface area contributed by atoms with E-state index in [1.54, 1.807) is 18.2 Å². The molecule has 1 aliphatic heterocycles. The summed E-state index contributed by atoms with van der Waals surface area (Å²) in [5.41, 5.74) is 2.57. The lowest BCUT2D eigenvalue weighted by molar-refractivity contribution is 0.0487. The van der Waals surface area contributed by atoms with Crippen LogP contribution in [0.25, 0.3) is 0 Å². The Morgan fingerprint density at radius 3 is 2.35 bits per heavy atom. The van der Waals surface area contributed by atoms with Crippen LogP contribution in [0.2, 0.25) is 5.02 Å². The molecule has 0 atom stereocenters. The van der Waals surface area contributed by atoms with E-state index in [0.717, 1.165) is 18.4 Å². The van der Waals surface area contributed by atoms with Crippen LogP contribution in [0.3, 0.4) is 0 Å². The summed E-state index contributed by atoms with van der Waals surface area (Å²) < 4.78 is 11.6. The van der Waals surface area contributed by atoms with Gasteiger partial charge in [0.2, 0.25) is 0 Å². The summed E-state index contributed by atoms with van der Waals surface area (Å²) in [7, 11) is 0. The third-order valence-electron chi connectivity index (χ3n) is 5.85. The number of amides is 1. The zero-order valence-electron chi connectivity index (χ0n) is 17.4. The molecule has 0 radical (unpaired) electrons. The van der Waals surface area contributed by atoms with E-state index in [1.807, 2.05) is 48.5 Å². The molecule has 0 spiro atoms. The van der Waals surface area contributed by atoms with Crippen molar-refractivity contribution in [2.24, 2.45) is 0 Å². The maximum atomic E-state index is 13.2. The third kappa shape index (κ3) is 5.27. The molecule has 5 heteroatoms. The van der Waals surface area contributed by atoms with Gasteiger partial charge in [-0.3, -0.25) is 4.79 Å². The Kier molecular flexibility index (Phi) is 6.90. The summed E-state index contributed by atoms with van der Waals surface area (Å²) in [5.74, 6) is 0.332. The van der Waals surface area contributed by atoms with Gasteiger partial charge in [-0.1, -0.05) is 72.3 Å². The van der Waals surface area contributed by atoms with Crippen LogP contribution in [0.4, 0.5) is 0 Å². The molecule has 1 fully saturated rings. The van der Waals surface area contributed by atoms with E-state index in [2.05, 4.69) is 17.4 Å². The normalized spacial score (nSPS) is 15.3. The first-order valence-electron chi connectivity index (χ1n) is 10.5. The van der Waals surface area contributed by atoms with Crippen LogP contribution in [-0.2, 0) is 16.8 Å². The van der Waals surface area contributed by atoms with Crippen molar-refractivity contribution in [3.05, 3.63) is 101 Å². The minimum absolute atomic E-state index is 0.140. The molecule has 0 saturated carbocycles. The van der Waals surface area contributed by atoms with Crippen molar-refractivity contribution in [3.63, 3.8) is 0 Å². The van der Waals surface area contributed by atoms with E-state index in [9.17, 15) is 4.79 Å². The van der Waals surface area contributed by atoms with Crippen LogP contribution in [0.15, 0.2) is 78.9 Å². The minimum atomic E-state index is -0.188. The molecular weight excluding hydrogens is 410 g/mol. The third-order valence-corrected chi connectivity index (χ3v) is 6.08. The molecule has 1 aliphatic rings. The predicted molar refractivity (Wildman–Crippen MR) is 123 cm³/mol. The fourth-order valence-corrected chi connectivity index (χ4v) is 4.18. The molecule has 31 heavy (non-hydrogen) atoms. The number of halogens is 1. The molecule has 4 rings (SSSR count). The molecule has 0 bridgehead atoms. The maximum absolute atomic E-state index is 13.2. The summed E-state index contributed by atoms with van der Waals surface area (Å²) >= 11 is 6.20. The molecule has 3 aromatic carbocycles. The van der Waals surface area contributed by atoms with Gasteiger partial charge in [0.1, 0.15) is 12.4 Å². The summed E-state index contributed by atoms with van der Waals surface area (Å²) in [4.78, 5) is 13.2. The van der Waals surface area contributed by atoms with Gasteiger partial charge in [0.15, 0.2) is 0 Å². The van der Waals surface area contributed by atoms with Gasteiger partial charge in [-0.15, -0.1) is 0 Å². The van der Waals surface area contributed by atoms with Gasteiger partial charge in [0, 0.05) is 30.2 Å². The lowest BCUT2D eigenvalue weighted by Crippen LogP contribution is -2.44. The van der Waals surface area contributed by atoms with Crippen molar-refractivity contribution in [2.75, 3.05) is 19.8 Å². The Labute approximate surface area is 188 Å². The Bertz CT molecular complexity index is 1000. The molecule has 1 amide bonds. The van der Waals surface area contributed by atoms with E-state index < -0.39 is 0 Å². The molecule has 1 N–H and O–H groups in total. The van der Waals surface area contributed by atoms with Crippen LogP contribution in [0.5, 0.6) is 5.75 Å². The maximum Gasteiger partial charge on any atom is 0.255 e. The molecular formula is C26H26ClNO3. The van der Waals surface area contributed by atoms with Crippen LogP contribution >= 0.6 is 11.6 Å². The largest absolute Gasteiger partial charge is 0.488 e. The smallest absolute Gasteiger partial charge is 0.255 e. The van der Waals surface area contributed by atoms with Crippen molar-refractivity contribution < 1.29 is 14.3 Å². The van der Waals surface area contributed by atoms with Crippen molar-refractivity contribution >= 4 is 17.5 Å². The first kappa shape index (κ1) is 21.4. The number of ether oxygens (including phenoxy) is 2. The molecule has 1 saturated heterocycles. The number of carbonyl (C=O) groups is 1. The van der Waals surface area contributed by atoms with Crippen molar-refractivity contribution in [1.82, 2.24) is 5.32 Å². The van der Waals surface area contributed by atoms with E-state index >= 15 is 0 Å². The van der Waals surface area contributed by atoms with Crippen LogP contribution < -0.4 is 10.1 Å². The lowest BCUT2D eigenvalue weighted by atomic mass is 9.74.